The summed E-state index contributed by atoms with van der Waals surface area (Å²) in [6.45, 7) is 1.89. The third-order valence-electron chi connectivity index (χ3n) is 4.08. The van der Waals surface area contributed by atoms with Gasteiger partial charge >= 0.3 is 5.97 Å². The maximum absolute atomic E-state index is 12.3. The summed E-state index contributed by atoms with van der Waals surface area (Å²) in [5.74, 6) is -3.99. The van der Waals surface area contributed by atoms with Gasteiger partial charge in [0.1, 0.15) is 12.1 Å². The lowest BCUT2D eigenvalue weighted by atomic mass is 9.77. The Morgan fingerprint density at radius 1 is 1.60 bits per heavy atom. The van der Waals surface area contributed by atoms with Gasteiger partial charge in [-0.25, -0.2) is 0 Å². The van der Waals surface area contributed by atoms with E-state index in [9.17, 15) is 19.5 Å². The van der Waals surface area contributed by atoms with Crippen LogP contribution in [-0.2, 0) is 23.9 Å². The summed E-state index contributed by atoms with van der Waals surface area (Å²) in [6, 6.07) is 0. The molecule has 20 heavy (non-hydrogen) atoms. The molecule has 7 nitrogen and oxygen atoms in total. The summed E-state index contributed by atoms with van der Waals surface area (Å²) in [7, 11) is 0. The number of amides is 1. The van der Waals surface area contributed by atoms with E-state index in [1.165, 1.54) is 4.90 Å². The molecule has 0 aliphatic carbocycles. The molecule has 0 aromatic carbocycles. The van der Waals surface area contributed by atoms with Crippen molar-refractivity contribution in [3.63, 3.8) is 0 Å². The van der Waals surface area contributed by atoms with Gasteiger partial charge in [-0.1, -0.05) is 12.2 Å². The highest BCUT2D eigenvalue weighted by atomic mass is 16.5. The van der Waals surface area contributed by atoms with E-state index < -0.39 is 35.5 Å². The average Bonchev–Trinajstić information content (AvgIpc) is 2.99. The third kappa shape index (κ3) is 1.66. The van der Waals surface area contributed by atoms with Crippen molar-refractivity contribution in [1.29, 1.82) is 0 Å². The van der Waals surface area contributed by atoms with E-state index in [1.807, 2.05) is 0 Å². The number of carbonyl (C=O) groups excluding carboxylic acids is 3. The fourth-order valence-electron chi connectivity index (χ4n) is 3.34. The molecule has 0 saturated carbocycles. The Hall–Kier alpha value is -1.89. The number of carboxylic acids is 1. The van der Waals surface area contributed by atoms with Gasteiger partial charge < -0.3 is 24.3 Å². The predicted octanol–water partition coefficient (Wildman–Crippen LogP) is -1.92. The minimum atomic E-state index is -1.29. The second kappa shape index (κ2) is 4.31. The molecule has 0 N–H and O–H groups in total. The summed E-state index contributed by atoms with van der Waals surface area (Å²) in [6.07, 6.45) is 2.77. The summed E-state index contributed by atoms with van der Waals surface area (Å²) >= 11 is 0. The van der Waals surface area contributed by atoms with Gasteiger partial charge in [0.25, 0.3) is 0 Å². The van der Waals surface area contributed by atoms with E-state index >= 15 is 0 Å². The lowest BCUT2D eigenvalue weighted by Crippen LogP contribution is -2.45. The Labute approximate surface area is 115 Å². The maximum Gasteiger partial charge on any atom is 0.325 e. The quantitative estimate of drug-likeness (QED) is 0.440. The highest BCUT2D eigenvalue weighted by molar-refractivity contribution is 5.92. The lowest BCUT2D eigenvalue weighted by molar-refractivity contribution is -0.313. The van der Waals surface area contributed by atoms with Crippen LogP contribution in [0.15, 0.2) is 12.2 Å². The molecule has 1 spiro atoms. The molecule has 4 atom stereocenters. The van der Waals surface area contributed by atoms with Gasteiger partial charge in [0.2, 0.25) is 5.91 Å². The zero-order valence-electron chi connectivity index (χ0n) is 10.9. The average molecular weight is 280 g/mol. The highest BCUT2D eigenvalue weighted by Gasteiger charge is 2.65. The first-order chi connectivity index (χ1) is 9.48. The molecule has 2 saturated heterocycles. The van der Waals surface area contributed by atoms with Crippen molar-refractivity contribution in [3.8, 4) is 0 Å². The van der Waals surface area contributed by atoms with Gasteiger partial charge in [0.05, 0.1) is 25.2 Å². The molecule has 0 aromatic rings. The minimum Gasteiger partial charge on any atom is -0.550 e. The van der Waals surface area contributed by atoms with Crippen LogP contribution in [0.4, 0.5) is 0 Å². The number of nitrogens with zero attached hydrogens (tertiary/aromatic N) is 1. The van der Waals surface area contributed by atoms with Crippen molar-refractivity contribution in [2.75, 3.05) is 19.7 Å². The Bertz CT molecular complexity index is 515. The molecular weight excluding hydrogens is 266 g/mol. The van der Waals surface area contributed by atoms with Crippen LogP contribution in [0.5, 0.6) is 0 Å². The van der Waals surface area contributed by atoms with Crippen molar-refractivity contribution in [2.45, 2.75) is 18.6 Å². The molecule has 3 rings (SSSR count). The van der Waals surface area contributed by atoms with Crippen molar-refractivity contribution in [3.05, 3.63) is 12.2 Å². The summed E-state index contributed by atoms with van der Waals surface area (Å²) in [5, 5.41) is 11.2. The molecule has 3 heterocycles. The zero-order valence-corrected chi connectivity index (χ0v) is 10.9. The molecule has 108 valence electrons. The van der Waals surface area contributed by atoms with Crippen LogP contribution >= 0.6 is 0 Å². The standard InChI is InChI=1S/C13H15NO6/c1-2-19-8(15)5-14-6-13-4-3-7(20-13)9(12(17)18)10(13)11(14)16/h3-4,7,9-10H,2,5-6H2,1H3,(H,17,18)/p-1/t7-,9+,10-,13-/m1/s1. The van der Waals surface area contributed by atoms with Crippen LogP contribution in [0.2, 0.25) is 0 Å². The van der Waals surface area contributed by atoms with Gasteiger partial charge in [-0.05, 0) is 6.92 Å². The maximum atomic E-state index is 12.3. The Kier molecular flexibility index (Phi) is 2.82. The van der Waals surface area contributed by atoms with E-state index in [1.54, 1.807) is 19.1 Å². The summed E-state index contributed by atoms with van der Waals surface area (Å²) in [4.78, 5) is 36.3. The molecule has 0 aromatic heterocycles. The Morgan fingerprint density at radius 3 is 3.00 bits per heavy atom. The molecule has 0 radical (unpaired) electrons. The lowest BCUT2D eigenvalue weighted by Gasteiger charge is -2.24. The van der Waals surface area contributed by atoms with Crippen LogP contribution in [0.1, 0.15) is 6.92 Å². The first-order valence-electron chi connectivity index (χ1n) is 6.51. The topological polar surface area (TPSA) is 96.0 Å². The first kappa shape index (κ1) is 13.1. The van der Waals surface area contributed by atoms with Crippen molar-refractivity contribution in [1.82, 2.24) is 4.90 Å². The van der Waals surface area contributed by atoms with Crippen molar-refractivity contribution in [2.24, 2.45) is 11.8 Å². The fourth-order valence-corrected chi connectivity index (χ4v) is 3.34. The molecule has 2 fully saturated rings. The van der Waals surface area contributed by atoms with E-state index in [4.69, 9.17) is 9.47 Å². The molecule has 0 unspecified atom stereocenters. The van der Waals surface area contributed by atoms with E-state index in [0.29, 0.717) is 0 Å². The fraction of sp³-hybridized carbons (Fsp3) is 0.615. The van der Waals surface area contributed by atoms with E-state index in [2.05, 4.69) is 0 Å². The number of aliphatic carboxylic acids is 1. The highest BCUT2D eigenvalue weighted by Crippen LogP contribution is 2.51. The number of hydrogen-bond donors (Lipinski definition) is 0. The third-order valence-corrected chi connectivity index (χ3v) is 4.08. The van der Waals surface area contributed by atoms with Crippen molar-refractivity contribution >= 4 is 17.8 Å². The molecule has 1 amide bonds. The molecule has 3 aliphatic heterocycles. The van der Waals surface area contributed by atoms with Crippen LogP contribution < -0.4 is 5.11 Å². The number of hydrogen-bond acceptors (Lipinski definition) is 6. The number of carboxylic acid groups (broad SMARTS) is 1. The number of carbonyl (C=O) groups is 3. The Balaban J connectivity index is 1.82. The molecule has 3 aliphatic rings. The monoisotopic (exact) mass is 280 g/mol. The molecule has 2 bridgehead atoms. The molecule has 7 heteroatoms. The Morgan fingerprint density at radius 2 is 2.35 bits per heavy atom. The normalized spacial score (nSPS) is 37.4. The predicted molar refractivity (Wildman–Crippen MR) is 61.9 cm³/mol. The van der Waals surface area contributed by atoms with Gasteiger partial charge in [-0.3, -0.25) is 9.59 Å². The minimum absolute atomic E-state index is 0.173. The van der Waals surface area contributed by atoms with Crippen LogP contribution in [0, 0.1) is 11.8 Å². The van der Waals surface area contributed by atoms with Crippen LogP contribution in [0.25, 0.3) is 0 Å². The van der Waals surface area contributed by atoms with Gasteiger partial charge in [0, 0.05) is 11.9 Å². The summed E-state index contributed by atoms with van der Waals surface area (Å²) < 4.78 is 10.5. The second-order valence-corrected chi connectivity index (χ2v) is 5.22. The SMILES string of the molecule is CCOC(=O)CN1C[C@@]23C=C[C@@H](O2)[C@H](C(=O)[O-])[C@@H]3C1=O. The largest absolute Gasteiger partial charge is 0.550 e. The molecular formula is C13H14NO6-. The number of esters is 1. The number of fused-ring (bicyclic) bond motifs is 1. The van der Waals surface area contributed by atoms with Gasteiger partial charge in [-0.15, -0.1) is 0 Å². The number of likely N-dealkylation sites (tertiary alicyclic amines) is 1. The first-order valence-corrected chi connectivity index (χ1v) is 6.51. The second-order valence-electron chi connectivity index (χ2n) is 5.22. The number of ether oxygens (including phenoxy) is 2. The van der Waals surface area contributed by atoms with Crippen LogP contribution in [0.3, 0.4) is 0 Å². The van der Waals surface area contributed by atoms with E-state index in [0.717, 1.165) is 0 Å². The smallest absolute Gasteiger partial charge is 0.325 e. The van der Waals surface area contributed by atoms with Crippen LogP contribution in [-0.4, -0.2) is 54.1 Å². The van der Waals surface area contributed by atoms with Gasteiger partial charge in [0.15, 0.2) is 0 Å². The number of rotatable bonds is 4. The van der Waals surface area contributed by atoms with E-state index in [-0.39, 0.29) is 25.6 Å². The zero-order chi connectivity index (χ0) is 14.5. The van der Waals surface area contributed by atoms with Gasteiger partial charge in [-0.2, -0.15) is 0 Å². The summed E-state index contributed by atoms with van der Waals surface area (Å²) in [5.41, 5.74) is -0.932. The van der Waals surface area contributed by atoms with Crippen molar-refractivity contribution < 1.29 is 29.0 Å².